The van der Waals surface area contributed by atoms with Gasteiger partial charge in [0.2, 0.25) is 0 Å². The molecule has 0 bridgehead atoms. The zero-order valence-electron chi connectivity index (χ0n) is 50.3. The number of esters is 3. The molecule has 0 rings (SSSR count). The predicted molar refractivity (Wildman–Crippen MR) is 343 cm³/mol. The van der Waals surface area contributed by atoms with Gasteiger partial charge in [-0.15, -0.1) is 0 Å². The summed E-state index contributed by atoms with van der Waals surface area (Å²) in [5.74, 6) is -0.996. The number of unbranched alkanes of at least 4 members (excludes halogenated alkanes) is 13. The van der Waals surface area contributed by atoms with Crippen molar-refractivity contribution in [2.45, 2.75) is 245 Å². The summed E-state index contributed by atoms with van der Waals surface area (Å²) in [5, 5.41) is 0. The fraction of sp³-hybridized carbons (Fsp3) is 0.548. The van der Waals surface area contributed by atoms with E-state index in [1.165, 1.54) is 6.42 Å². The molecule has 440 valence electrons. The van der Waals surface area contributed by atoms with Gasteiger partial charge in [0.25, 0.3) is 0 Å². The van der Waals surface area contributed by atoms with E-state index in [-0.39, 0.29) is 37.5 Å². The molecule has 0 saturated carbocycles. The standard InChI is InChI=1S/C73H112O6/c1-4-7-10-13-16-19-22-25-27-29-30-31-32-33-34-35-36-37-38-39-40-41-42-44-45-48-51-54-57-60-63-66-72(75)78-69-70(68-77-71(74)65-62-59-56-53-50-47-24-21-18-15-12-9-6-3)79-73(76)67-64-61-58-55-52-49-46-43-28-26-23-20-17-14-11-8-5-2/h7-8,10-12,15-17,19-21,24-28,30-31,33-34,36-37,39-40,42,44,46,48-49,51,70H,4-6,9,13-14,18,22-23,29,32,35,38,41,43,45,47,50,52-69H2,1-3H3/b10-7-,11-8-,15-12-,19-16-,20-17-,24-21-,27-25-,28-26-,31-30-,34-33-,37-36-,40-39-,44-42-,49-46-,51-48-. The van der Waals surface area contributed by atoms with E-state index in [9.17, 15) is 14.4 Å². The molecule has 6 nitrogen and oxygen atoms in total. The van der Waals surface area contributed by atoms with Crippen LogP contribution >= 0.6 is 0 Å². The fourth-order valence-corrected chi connectivity index (χ4v) is 7.76. The molecule has 1 atom stereocenters. The Labute approximate surface area is 484 Å². The first-order valence-corrected chi connectivity index (χ1v) is 31.3. The Kier molecular flexibility index (Phi) is 60.5. The van der Waals surface area contributed by atoms with Crippen molar-refractivity contribution in [3.8, 4) is 0 Å². The Morgan fingerprint density at radius 1 is 0.266 bits per heavy atom. The second-order valence-electron chi connectivity index (χ2n) is 19.8. The van der Waals surface area contributed by atoms with E-state index in [1.54, 1.807) is 0 Å². The molecule has 1 unspecified atom stereocenters. The average Bonchev–Trinajstić information content (AvgIpc) is 3.45. The zero-order chi connectivity index (χ0) is 57.1. The lowest BCUT2D eigenvalue weighted by Gasteiger charge is -2.18. The Morgan fingerprint density at radius 2 is 0.494 bits per heavy atom. The van der Waals surface area contributed by atoms with Crippen molar-refractivity contribution < 1.29 is 28.6 Å². The second-order valence-corrected chi connectivity index (χ2v) is 19.8. The summed E-state index contributed by atoms with van der Waals surface area (Å²) in [5.41, 5.74) is 0. The van der Waals surface area contributed by atoms with Crippen molar-refractivity contribution >= 4 is 17.9 Å². The van der Waals surface area contributed by atoms with Crippen LogP contribution in [0.5, 0.6) is 0 Å². The molecule has 0 saturated heterocycles. The Morgan fingerprint density at radius 3 is 0.785 bits per heavy atom. The van der Waals surface area contributed by atoms with Gasteiger partial charge < -0.3 is 14.2 Å². The summed E-state index contributed by atoms with van der Waals surface area (Å²) >= 11 is 0. The SMILES string of the molecule is CC/C=C\C/C=C\C/C=C\C/C=C\C/C=C\C/C=C\C/C=C\C/C=C\C/C=C\CCCCCC(=O)OCC(COC(=O)CCCCCCC/C=C\C/C=C\CCC)OC(=O)CCCCCC/C=C\C/C=C\C/C=C\C/C=C\CC. The van der Waals surface area contributed by atoms with Gasteiger partial charge in [-0.1, -0.05) is 248 Å². The molecule has 0 spiro atoms. The number of rotatable bonds is 54. The molecule has 0 aromatic carbocycles. The summed E-state index contributed by atoms with van der Waals surface area (Å²) in [7, 11) is 0. The van der Waals surface area contributed by atoms with E-state index < -0.39 is 6.10 Å². The van der Waals surface area contributed by atoms with Gasteiger partial charge in [-0.3, -0.25) is 14.4 Å². The van der Waals surface area contributed by atoms with Crippen molar-refractivity contribution in [3.05, 3.63) is 182 Å². The van der Waals surface area contributed by atoms with Crippen LogP contribution in [-0.2, 0) is 28.6 Å². The van der Waals surface area contributed by atoms with Crippen LogP contribution in [0.25, 0.3) is 0 Å². The van der Waals surface area contributed by atoms with Crippen LogP contribution < -0.4 is 0 Å². The number of hydrogen-bond acceptors (Lipinski definition) is 6. The Balaban J connectivity index is 4.45. The summed E-state index contributed by atoms with van der Waals surface area (Å²) in [6.07, 6.45) is 97.5. The van der Waals surface area contributed by atoms with Gasteiger partial charge in [-0.2, -0.15) is 0 Å². The lowest BCUT2D eigenvalue weighted by atomic mass is 10.1. The van der Waals surface area contributed by atoms with Crippen molar-refractivity contribution in [1.82, 2.24) is 0 Å². The third kappa shape index (κ3) is 63.2. The number of hydrogen-bond donors (Lipinski definition) is 0. The van der Waals surface area contributed by atoms with Gasteiger partial charge in [0.05, 0.1) is 0 Å². The van der Waals surface area contributed by atoms with Crippen LogP contribution in [0, 0.1) is 0 Å². The highest BCUT2D eigenvalue weighted by atomic mass is 16.6. The predicted octanol–water partition coefficient (Wildman–Crippen LogP) is 21.7. The molecule has 0 heterocycles. The van der Waals surface area contributed by atoms with Crippen molar-refractivity contribution in [1.29, 1.82) is 0 Å². The van der Waals surface area contributed by atoms with Crippen LogP contribution in [0.4, 0.5) is 0 Å². The van der Waals surface area contributed by atoms with E-state index in [0.717, 1.165) is 193 Å². The first-order valence-electron chi connectivity index (χ1n) is 31.3. The highest BCUT2D eigenvalue weighted by Crippen LogP contribution is 2.13. The maximum absolute atomic E-state index is 12.9. The minimum Gasteiger partial charge on any atom is -0.462 e. The number of carbonyl (C=O) groups excluding carboxylic acids is 3. The maximum Gasteiger partial charge on any atom is 0.306 e. The highest BCUT2D eigenvalue weighted by molar-refractivity contribution is 5.71. The topological polar surface area (TPSA) is 78.9 Å². The second kappa shape index (κ2) is 65.0. The monoisotopic (exact) mass is 1080 g/mol. The minimum absolute atomic E-state index is 0.115. The van der Waals surface area contributed by atoms with Crippen LogP contribution in [0.1, 0.15) is 239 Å². The maximum atomic E-state index is 12.9. The molecule has 6 heteroatoms. The highest BCUT2D eigenvalue weighted by Gasteiger charge is 2.19. The molecule has 0 aliphatic rings. The number of ether oxygens (including phenoxy) is 3. The average molecular weight is 1090 g/mol. The van der Waals surface area contributed by atoms with Crippen molar-refractivity contribution in [2.24, 2.45) is 0 Å². The largest absolute Gasteiger partial charge is 0.462 e. The van der Waals surface area contributed by atoms with Gasteiger partial charge in [-0.05, 0) is 154 Å². The van der Waals surface area contributed by atoms with Gasteiger partial charge >= 0.3 is 17.9 Å². The summed E-state index contributed by atoms with van der Waals surface area (Å²) in [6.45, 7) is 6.27. The van der Waals surface area contributed by atoms with E-state index in [4.69, 9.17) is 14.2 Å². The quantitative estimate of drug-likeness (QED) is 0.0261. The third-order valence-corrected chi connectivity index (χ3v) is 12.4. The van der Waals surface area contributed by atoms with Gasteiger partial charge in [0, 0.05) is 19.3 Å². The van der Waals surface area contributed by atoms with Crippen LogP contribution in [-0.4, -0.2) is 37.2 Å². The van der Waals surface area contributed by atoms with Gasteiger partial charge in [-0.25, -0.2) is 0 Å². The van der Waals surface area contributed by atoms with Crippen molar-refractivity contribution in [3.63, 3.8) is 0 Å². The Bertz CT molecular complexity index is 1870. The smallest absolute Gasteiger partial charge is 0.306 e. The van der Waals surface area contributed by atoms with Crippen LogP contribution in [0.15, 0.2) is 182 Å². The van der Waals surface area contributed by atoms with Crippen molar-refractivity contribution in [2.75, 3.05) is 13.2 Å². The molecular weight excluding hydrogens is 973 g/mol. The lowest BCUT2D eigenvalue weighted by molar-refractivity contribution is -0.167. The molecule has 0 radical (unpaired) electrons. The van der Waals surface area contributed by atoms with E-state index >= 15 is 0 Å². The third-order valence-electron chi connectivity index (χ3n) is 12.4. The van der Waals surface area contributed by atoms with E-state index in [1.807, 2.05) is 0 Å². The Hall–Kier alpha value is -5.49. The first-order chi connectivity index (χ1) is 39.0. The zero-order valence-corrected chi connectivity index (χ0v) is 50.3. The lowest BCUT2D eigenvalue weighted by Crippen LogP contribution is -2.30. The van der Waals surface area contributed by atoms with E-state index in [0.29, 0.717) is 12.8 Å². The van der Waals surface area contributed by atoms with Crippen LogP contribution in [0.3, 0.4) is 0 Å². The minimum atomic E-state index is -0.822. The fourth-order valence-electron chi connectivity index (χ4n) is 7.76. The molecule has 79 heavy (non-hydrogen) atoms. The molecule has 0 amide bonds. The molecule has 0 aromatic heterocycles. The van der Waals surface area contributed by atoms with Gasteiger partial charge in [0.1, 0.15) is 13.2 Å². The van der Waals surface area contributed by atoms with Crippen LogP contribution in [0.2, 0.25) is 0 Å². The molecule has 0 fully saturated rings. The van der Waals surface area contributed by atoms with E-state index in [2.05, 4.69) is 203 Å². The van der Waals surface area contributed by atoms with Gasteiger partial charge in [0.15, 0.2) is 6.10 Å². The molecule has 0 N–H and O–H groups in total. The number of carbonyl (C=O) groups is 3. The number of allylic oxidation sites excluding steroid dienone is 30. The summed E-state index contributed by atoms with van der Waals surface area (Å²) in [4.78, 5) is 38.2. The molecule has 0 aromatic rings. The summed E-state index contributed by atoms with van der Waals surface area (Å²) in [6, 6.07) is 0. The summed E-state index contributed by atoms with van der Waals surface area (Å²) < 4.78 is 16.8. The molecule has 0 aliphatic carbocycles. The normalized spacial score (nSPS) is 13.4. The molecular formula is C73H112O6. The first kappa shape index (κ1) is 73.5. The molecule has 0 aliphatic heterocycles.